The van der Waals surface area contributed by atoms with Crippen LogP contribution in [0.3, 0.4) is 0 Å². The van der Waals surface area contributed by atoms with Crippen LogP contribution in [-0.4, -0.2) is 44.3 Å². The molecule has 0 amide bonds. The monoisotopic (exact) mass is 770 g/mol. The van der Waals surface area contributed by atoms with Gasteiger partial charge in [-0.05, 0) is 94.7 Å². The number of hydrogen-bond donors (Lipinski definition) is 0. The van der Waals surface area contributed by atoms with Gasteiger partial charge in [-0.25, -0.2) is 4.79 Å². The minimum absolute atomic E-state index is 0.0835. The van der Waals surface area contributed by atoms with Gasteiger partial charge in [-0.2, -0.15) is 0 Å². The number of fused-ring (bicyclic) bond motifs is 2. The first-order chi connectivity index (χ1) is 24.5. The van der Waals surface area contributed by atoms with Crippen molar-refractivity contribution in [1.82, 2.24) is 0 Å². The van der Waals surface area contributed by atoms with E-state index in [1.807, 2.05) is 36.5 Å². The van der Waals surface area contributed by atoms with Crippen molar-refractivity contribution in [1.29, 1.82) is 0 Å². The summed E-state index contributed by atoms with van der Waals surface area (Å²) in [5, 5.41) is 2.09. The predicted molar refractivity (Wildman–Crippen MR) is 228 cm³/mol. The first kappa shape index (κ1) is 39.0. The first-order valence-electron chi connectivity index (χ1n) is 19.0. The Kier molecular flexibility index (Phi) is 11.4. The fraction of sp³-hybridized carbons (Fsp3) is 0.477. The lowest BCUT2D eigenvalue weighted by Crippen LogP contribution is -2.68. The Morgan fingerprint density at radius 3 is 2.00 bits per heavy atom. The number of esters is 1. The molecule has 0 unspecified atom stereocenters. The number of hydrogen-bond acceptors (Lipinski definition) is 6. The smallest absolute Gasteiger partial charge is 0.342 e. The van der Waals surface area contributed by atoms with Gasteiger partial charge in [0.1, 0.15) is 17.1 Å². The third-order valence-corrected chi connectivity index (χ3v) is 23.9. The van der Waals surface area contributed by atoms with Crippen LogP contribution in [0.1, 0.15) is 83.7 Å². The van der Waals surface area contributed by atoms with Gasteiger partial charge in [-0.1, -0.05) is 127 Å². The molecule has 1 aliphatic carbocycles. The molecule has 52 heavy (non-hydrogen) atoms. The Balaban J connectivity index is 1.59. The van der Waals surface area contributed by atoms with Crippen LogP contribution in [0.4, 0.5) is 0 Å². The van der Waals surface area contributed by atoms with Crippen molar-refractivity contribution in [2.24, 2.45) is 11.8 Å². The Morgan fingerprint density at radius 1 is 0.808 bits per heavy atom. The second-order valence-corrected chi connectivity index (χ2v) is 29.5. The molecular formula is C44H58O4S2Si2. The molecule has 0 aromatic heterocycles. The highest BCUT2D eigenvalue weighted by Gasteiger charge is 2.52. The summed E-state index contributed by atoms with van der Waals surface area (Å²) in [7, 11) is -5.41. The minimum atomic E-state index is -2.99. The number of carbonyl (C=O) groups excluding carboxylic acids is 1. The summed E-state index contributed by atoms with van der Waals surface area (Å²) in [6.45, 7) is 20.2. The summed E-state index contributed by atoms with van der Waals surface area (Å²) in [4.78, 5) is 14.7. The number of ether oxygens (including phenoxy) is 1. The van der Waals surface area contributed by atoms with Gasteiger partial charge in [0.15, 0.2) is 0 Å². The van der Waals surface area contributed by atoms with Gasteiger partial charge in [0.2, 0.25) is 0 Å². The van der Waals surface area contributed by atoms with Crippen LogP contribution in [0.2, 0.25) is 23.2 Å². The predicted octanol–water partition coefficient (Wildman–Crippen LogP) is 10.8. The molecule has 2 aliphatic heterocycles. The van der Waals surface area contributed by atoms with Crippen LogP contribution in [0.15, 0.2) is 97.1 Å². The molecule has 3 aromatic carbocycles. The average Bonchev–Trinajstić information content (AvgIpc) is 3.82. The van der Waals surface area contributed by atoms with Crippen LogP contribution in [0, 0.1) is 11.8 Å². The van der Waals surface area contributed by atoms with Crippen molar-refractivity contribution in [2.75, 3.05) is 11.5 Å². The van der Waals surface area contributed by atoms with E-state index in [1.54, 1.807) is 0 Å². The summed E-state index contributed by atoms with van der Waals surface area (Å²) in [6, 6.07) is 25.7. The number of rotatable bonds is 6. The molecule has 8 heteroatoms. The standard InChI is InChI=1S/C44H58O4S2Si2/c1-32-27-34-28-33(34)19-16-17-24-44(49-25-18-26-50-44)31-35-29-36(30-39(40(35)41(45)46-32)48-51(8,9)42(2,3)4)47-52(43(5,6)7,37-20-12-10-13-21-37)38-22-14-11-15-23-38/h10-17,19-24,29-30,32-34H,18,25-28,31H2,1-9H3/b19-16-,24-17+/t32-,33-,34-/m0/s1. The summed E-state index contributed by atoms with van der Waals surface area (Å²) in [5.74, 6) is 4.31. The molecular weight excluding hydrogens is 713 g/mol. The number of thioether (sulfide) groups is 2. The Hall–Kier alpha value is -2.66. The van der Waals surface area contributed by atoms with Crippen LogP contribution in [0.5, 0.6) is 11.5 Å². The normalized spacial score (nSPS) is 23.7. The Labute approximate surface area is 323 Å². The van der Waals surface area contributed by atoms with E-state index in [0.717, 1.165) is 35.7 Å². The SMILES string of the molecule is C[C@H]1C[C@H]2C[C@@H]2/C=C\C=C\C2(Cc3cc(O[Si](c4ccccc4)(c4ccccc4)C(C)(C)C)cc(O[Si](C)(C)C(C)(C)C)c3C(=O)O1)SCCCS2. The van der Waals surface area contributed by atoms with Crippen LogP contribution in [-0.2, 0) is 11.2 Å². The molecule has 4 nitrogen and oxygen atoms in total. The van der Waals surface area contributed by atoms with E-state index in [4.69, 9.17) is 13.6 Å². The zero-order valence-corrected chi connectivity index (χ0v) is 36.3. The molecule has 3 aromatic rings. The number of cyclic esters (lactones) is 1. The fourth-order valence-electron chi connectivity index (χ4n) is 7.43. The van der Waals surface area contributed by atoms with Gasteiger partial charge in [0, 0.05) is 12.5 Å². The molecule has 0 N–H and O–H groups in total. The Morgan fingerprint density at radius 2 is 1.42 bits per heavy atom. The topological polar surface area (TPSA) is 44.8 Å². The summed E-state index contributed by atoms with van der Waals surface area (Å²) < 4.78 is 21.1. The van der Waals surface area contributed by atoms with Crippen molar-refractivity contribution in [3.8, 4) is 11.5 Å². The molecule has 278 valence electrons. The van der Waals surface area contributed by atoms with Crippen molar-refractivity contribution >= 4 is 56.5 Å². The third kappa shape index (κ3) is 8.35. The molecule has 0 bridgehead atoms. The third-order valence-electron chi connectivity index (χ3n) is 11.4. The molecule has 2 fully saturated rings. The van der Waals surface area contributed by atoms with Gasteiger partial charge < -0.3 is 13.6 Å². The van der Waals surface area contributed by atoms with Gasteiger partial charge >= 0.3 is 14.3 Å². The second-order valence-electron chi connectivity index (χ2n) is 17.5. The lowest BCUT2D eigenvalue weighted by Gasteiger charge is -2.43. The van der Waals surface area contributed by atoms with E-state index in [9.17, 15) is 4.79 Å². The zero-order chi connectivity index (χ0) is 37.4. The summed E-state index contributed by atoms with van der Waals surface area (Å²) in [5.41, 5.74) is 1.49. The lowest BCUT2D eigenvalue weighted by atomic mass is 10.00. The maximum Gasteiger partial charge on any atom is 0.342 e. The molecule has 3 atom stereocenters. The van der Waals surface area contributed by atoms with Crippen molar-refractivity contribution in [3.05, 3.63) is 108 Å². The summed E-state index contributed by atoms with van der Waals surface area (Å²) in [6.07, 6.45) is 12.9. The average molecular weight is 771 g/mol. The highest BCUT2D eigenvalue weighted by Crippen LogP contribution is 2.50. The largest absolute Gasteiger partial charge is 0.543 e. The van der Waals surface area contributed by atoms with E-state index in [2.05, 4.69) is 146 Å². The minimum Gasteiger partial charge on any atom is -0.543 e. The second kappa shape index (κ2) is 15.2. The fourth-order valence-corrected chi connectivity index (χ4v) is 16.0. The molecule has 1 spiro atoms. The van der Waals surface area contributed by atoms with Crippen molar-refractivity contribution in [2.45, 2.75) is 108 Å². The van der Waals surface area contributed by atoms with Gasteiger partial charge in [0.25, 0.3) is 8.32 Å². The van der Waals surface area contributed by atoms with Crippen LogP contribution in [0.25, 0.3) is 0 Å². The lowest BCUT2D eigenvalue weighted by molar-refractivity contribution is 0.0308. The van der Waals surface area contributed by atoms with E-state index in [1.165, 1.54) is 16.8 Å². The number of carbonyl (C=O) groups is 1. The molecule has 6 rings (SSSR count). The zero-order valence-electron chi connectivity index (χ0n) is 32.7. The highest BCUT2D eigenvalue weighted by molar-refractivity contribution is 8.19. The highest BCUT2D eigenvalue weighted by atomic mass is 32.2. The van der Waals surface area contributed by atoms with Crippen molar-refractivity contribution in [3.63, 3.8) is 0 Å². The molecule has 0 radical (unpaired) electrons. The van der Waals surface area contributed by atoms with E-state index < -0.39 is 16.6 Å². The molecule has 3 aliphatic rings. The maximum atomic E-state index is 14.7. The van der Waals surface area contributed by atoms with E-state index in [-0.39, 0.29) is 26.2 Å². The molecule has 1 saturated heterocycles. The van der Waals surface area contributed by atoms with E-state index >= 15 is 0 Å². The van der Waals surface area contributed by atoms with Crippen LogP contribution < -0.4 is 19.2 Å². The van der Waals surface area contributed by atoms with Gasteiger partial charge in [-0.15, -0.1) is 23.5 Å². The maximum absolute atomic E-state index is 14.7. The number of allylic oxidation sites excluding steroid dienone is 3. The Bertz CT molecular complexity index is 1730. The van der Waals surface area contributed by atoms with Crippen LogP contribution >= 0.6 is 23.5 Å². The van der Waals surface area contributed by atoms with Crippen molar-refractivity contribution < 1.29 is 18.4 Å². The van der Waals surface area contributed by atoms with E-state index in [0.29, 0.717) is 29.6 Å². The van der Waals surface area contributed by atoms with Gasteiger partial charge in [0.05, 0.1) is 10.2 Å². The van der Waals surface area contributed by atoms with Gasteiger partial charge in [-0.3, -0.25) is 0 Å². The molecule has 1 saturated carbocycles. The quantitative estimate of drug-likeness (QED) is 0.184. The summed E-state index contributed by atoms with van der Waals surface area (Å²) >= 11 is 3.98. The molecule has 2 heterocycles. The number of benzene rings is 3. The first-order valence-corrected chi connectivity index (χ1v) is 25.8.